The first-order valence-electron chi connectivity index (χ1n) is 15.5. The molecule has 45 heavy (non-hydrogen) atoms. The molecule has 0 spiro atoms. The van der Waals surface area contributed by atoms with E-state index in [-0.39, 0.29) is 81.9 Å². The SMILES string of the molecule is Oc1cc(-c2nc3c4c(nc(OC[C@@]56CCCN5C[C@@H](F)C6)nc4c2F)N2C[C@@H]4CC[C@@H](N4)[C@H]2CO3)c2c(F)c(F)ccc2c1. The summed E-state index contributed by atoms with van der Waals surface area (Å²) in [5.74, 6) is -3.01. The van der Waals surface area contributed by atoms with Crippen molar-refractivity contribution in [2.75, 3.05) is 37.7 Å². The summed E-state index contributed by atoms with van der Waals surface area (Å²) in [6.45, 7) is 2.14. The molecule has 2 bridgehead atoms. The number of alkyl halides is 1. The number of halogens is 4. The zero-order valence-electron chi connectivity index (χ0n) is 24.2. The lowest BCUT2D eigenvalue weighted by molar-refractivity contribution is 0.107. The number of phenols is 1. The molecule has 0 aliphatic carbocycles. The summed E-state index contributed by atoms with van der Waals surface area (Å²) in [5.41, 5.74) is -1.12. The first kappa shape index (κ1) is 27.3. The number of nitrogens with zero attached hydrogens (tertiary/aromatic N) is 5. The molecule has 4 saturated heterocycles. The fourth-order valence-electron chi connectivity index (χ4n) is 8.38. The van der Waals surface area contributed by atoms with Crippen LogP contribution in [0.5, 0.6) is 17.6 Å². The van der Waals surface area contributed by atoms with E-state index in [0.717, 1.165) is 44.4 Å². The number of benzene rings is 2. The van der Waals surface area contributed by atoms with Crippen molar-refractivity contribution < 1.29 is 32.1 Å². The predicted molar refractivity (Wildman–Crippen MR) is 157 cm³/mol. The Hall–Kier alpha value is -3.97. The molecule has 13 heteroatoms. The van der Waals surface area contributed by atoms with Crippen LogP contribution in [-0.4, -0.2) is 87.6 Å². The number of hydrogen-bond acceptors (Lipinski definition) is 9. The average Bonchev–Trinajstić information content (AvgIpc) is 3.65. The fourth-order valence-corrected chi connectivity index (χ4v) is 8.38. The van der Waals surface area contributed by atoms with E-state index in [1.54, 1.807) is 0 Å². The molecule has 4 aromatic rings. The summed E-state index contributed by atoms with van der Waals surface area (Å²) >= 11 is 0. The number of fused-ring (bicyclic) bond motifs is 7. The first-order chi connectivity index (χ1) is 21.8. The monoisotopic (exact) mass is 622 g/mol. The Kier molecular flexibility index (Phi) is 5.93. The molecule has 234 valence electrons. The maximum Gasteiger partial charge on any atom is 0.319 e. The van der Waals surface area contributed by atoms with Crippen molar-refractivity contribution >= 4 is 27.5 Å². The van der Waals surface area contributed by atoms with Crippen LogP contribution in [0.3, 0.4) is 0 Å². The maximum atomic E-state index is 16.8. The molecule has 0 saturated carbocycles. The van der Waals surface area contributed by atoms with E-state index in [4.69, 9.17) is 14.5 Å². The normalized spacial score (nSPS) is 28.8. The van der Waals surface area contributed by atoms with Crippen molar-refractivity contribution in [3.05, 3.63) is 41.7 Å². The van der Waals surface area contributed by atoms with E-state index < -0.39 is 29.2 Å². The number of anilines is 1. The van der Waals surface area contributed by atoms with E-state index in [2.05, 4.69) is 25.1 Å². The molecule has 5 atom stereocenters. The molecule has 4 fully saturated rings. The van der Waals surface area contributed by atoms with Crippen molar-refractivity contribution in [1.29, 1.82) is 0 Å². The van der Waals surface area contributed by atoms with Gasteiger partial charge in [0.25, 0.3) is 0 Å². The van der Waals surface area contributed by atoms with Crippen LogP contribution in [0, 0.1) is 17.5 Å². The molecule has 9 nitrogen and oxygen atoms in total. The van der Waals surface area contributed by atoms with Crippen LogP contribution in [-0.2, 0) is 0 Å². The highest BCUT2D eigenvalue weighted by atomic mass is 19.2. The minimum atomic E-state index is -1.19. The van der Waals surface area contributed by atoms with Gasteiger partial charge in [-0.05, 0) is 55.8 Å². The Morgan fingerprint density at radius 1 is 1.07 bits per heavy atom. The zero-order valence-corrected chi connectivity index (χ0v) is 24.2. The molecular formula is C32H30F4N6O3. The highest BCUT2D eigenvalue weighted by Gasteiger charge is 2.50. The van der Waals surface area contributed by atoms with E-state index in [0.29, 0.717) is 25.3 Å². The molecule has 5 aliphatic heterocycles. The average molecular weight is 623 g/mol. The van der Waals surface area contributed by atoms with E-state index in [1.807, 2.05) is 0 Å². The van der Waals surface area contributed by atoms with E-state index >= 15 is 8.78 Å². The predicted octanol–water partition coefficient (Wildman–Crippen LogP) is 4.62. The topological polar surface area (TPSA) is 95.9 Å². The van der Waals surface area contributed by atoms with E-state index in [1.165, 1.54) is 12.1 Å². The van der Waals surface area contributed by atoms with Crippen LogP contribution in [0.4, 0.5) is 23.4 Å². The van der Waals surface area contributed by atoms with Crippen LogP contribution < -0.4 is 19.7 Å². The summed E-state index contributed by atoms with van der Waals surface area (Å²) in [6, 6.07) is 4.83. The molecule has 0 unspecified atom stereocenters. The summed E-state index contributed by atoms with van der Waals surface area (Å²) in [4.78, 5) is 18.1. The Morgan fingerprint density at radius 3 is 2.84 bits per heavy atom. The third-order valence-electron chi connectivity index (χ3n) is 10.4. The van der Waals surface area contributed by atoms with Gasteiger partial charge < -0.3 is 24.8 Å². The van der Waals surface area contributed by atoms with Crippen molar-refractivity contribution in [2.24, 2.45) is 0 Å². The number of nitrogens with one attached hydrogen (secondary N) is 1. The lowest BCUT2D eigenvalue weighted by atomic mass is 9.95. The molecule has 9 rings (SSSR count). The second kappa shape index (κ2) is 9.76. The lowest BCUT2D eigenvalue weighted by Gasteiger charge is -2.40. The molecule has 2 N–H and O–H groups in total. The first-order valence-corrected chi connectivity index (χ1v) is 15.5. The third-order valence-corrected chi connectivity index (χ3v) is 10.4. The van der Waals surface area contributed by atoms with Crippen LogP contribution >= 0.6 is 0 Å². The summed E-state index contributed by atoms with van der Waals surface area (Å²) in [7, 11) is 0. The number of rotatable bonds is 4. The molecule has 2 aromatic heterocycles. The molecule has 2 aromatic carbocycles. The van der Waals surface area contributed by atoms with Gasteiger partial charge in [0.05, 0.1) is 11.6 Å². The number of aromatic nitrogens is 3. The largest absolute Gasteiger partial charge is 0.508 e. The zero-order chi connectivity index (χ0) is 30.6. The van der Waals surface area contributed by atoms with Gasteiger partial charge in [0.2, 0.25) is 5.88 Å². The number of ether oxygens (including phenoxy) is 2. The molecule has 0 amide bonds. The Morgan fingerprint density at radius 2 is 1.96 bits per heavy atom. The third kappa shape index (κ3) is 4.09. The Balaban J connectivity index is 1.24. The number of aromatic hydroxyl groups is 1. The summed E-state index contributed by atoms with van der Waals surface area (Å²) in [6.07, 6.45) is 3.06. The minimum absolute atomic E-state index is 0.0538. The Labute approximate surface area is 255 Å². The van der Waals surface area contributed by atoms with Gasteiger partial charge in [0, 0.05) is 42.5 Å². The fraction of sp³-hybridized carbons (Fsp3) is 0.469. The summed E-state index contributed by atoms with van der Waals surface area (Å²) < 4.78 is 73.5. The number of piperazine rings is 1. The second-order valence-corrected chi connectivity index (χ2v) is 13.0. The van der Waals surface area contributed by atoms with Crippen LogP contribution in [0.15, 0.2) is 24.3 Å². The number of hydrogen-bond donors (Lipinski definition) is 2. The van der Waals surface area contributed by atoms with Gasteiger partial charge >= 0.3 is 6.01 Å². The van der Waals surface area contributed by atoms with Gasteiger partial charge in [-0.1, -0.05) is 6.07 Å². The highest BCUT2D eigenvalue weighted by Crippen LogP contribution is 2.45. The van der Waals surface area contributed by atoms with E-state index in [9.17, 15) is 13.9 Å². The lowest BCUT2D eigenvalue weighted by Crippen LogP contribution is -2.60. The Bertz CT molecular complexity index is 1900. The highest BCUT2D eigenvalue weighted by molar-refractivity contribution is 6.02. The van der Waals surface area contributed by atoms with Gasteiger partial charge in [0.15, 0.2) is 17.5 Å². The molecule has 5 aliphatic rings. The van der Waals surface area contributed by atoms with Gasteiger partial charge in [-0.25, -0.2) is 22.5 Å². The molecule has 0 radical (unpaired) electrons. The van der Waals surface area contributed by atoms with Gasteiger partial charge in [0.1, 0.15) is 47.5 Å². The summed E-state index contributed by atoms with van der Waals surface area (Å²) in [5, 5.41) is 14.3. The second-order valence-electron chi connectivity index (χ2n) is 13.0. The van der Waals surface area contributed by atoms with Crippen molar-refractivity contribution in [3.63, 3.8) is 0 Å². The van der Waals surface area contributed by atoms with Crippen LogP contribution in [0.25, 0.3) is 32.9 Å². The van der Waals surface area contributed by atoms with Gasteiger partial charge in [-0.2, -0.15) is 9.97 Å². The van der Waals surface area contributed by atoms with Crippen LogP contribution in [0.2, 0.25) is 0 Å². The number of phenolic OH excluding ortho intramolecular Hbond substituents is 1. The number of pyridine rings is 1. The van der Waals surface area contributed by atoms with Crippen molar-refractivity contribution in [1.82, 2.24) is 25.2 Å². The molecule has 7 heterocycles. The van der Waals surface area contributed by atoms with Crippen molar-refractivity contribution in [2.45, 2.75) is 61.9 Å². The van der Waals surface area contributed by atoms with Crippen molar-refractivity contribution in [3.8, 4) is 28.9 Å². The molecular weight excluding hydrogens is 592 g/mol. The quantitative estimate of drug-likeness (QED) is 0.316. The van der Waals surface area contributed by atoms with Crippen LogP contribution in [0.1, 0.15) is 32.1 Å². The van der Waals surface area contributed by atoms with Gasteiger partial charge in [-0.3, -0.25) is 4.90 Å². The minimum Gasteiger partial charge on any atom is -0.508 e. The van der Waals surface area contributed by atoms with Gasteiger partial charge in [-0.15, -0.1) is 0 Å². The smallest absolute Gasteiger partial charge is 0.319 e. The standard InChI is InChI=1S/C32H30F4N6O3/c33-16-10-32(6-1-7-41(32)11-16)14-45-31-39-28-24-29(40-31)42-12-17-3-5-21(37-17)22(42)13-44-30(24)38-27(26(28)36)19-9-18(43)8-15-2-4-20(34)25(35)23(15)19/h2,4,8-9,16-17,21-22,37,43H,1,3,5-7,10-14H2/t16-,17-,21+,22+,32-/m0/s1. The maximum absolute atomic E-state index is 16.8.